The number of esters is 1. The molecule has 0 amide bonds. The zero-order chi connectivity index (χ0) is 11.0. The van der Waals surface area contributed by atoms with Gasteiger partial charge in [-0.3, -0.25) is 4.79 Å². The highest BCUT2D eigenvalue weighted by Gasteiger charge is 2.11. The summed E-state index contributed by atoms with van der Waals surface area (Å²) in [6.45, 7) is 1.40. The molecule has 3 nitrogen and oxygen atoms in total. The Morgan fingerprint density at radius 1 is 1.47 bits per heavy atom. The van der Waals surface area contributed by atoms with Crippen molar-refractivity contribution in [2.75, 3.05) is 0 Å². The fourth-order valence-corrected chi connectivity index (χ4v) is 2.14. The number of carbonyl (C=O) groups excluding carboxylic acids is 1. The van der Waals surface area contributed by atoms with Gasteiger partial charge in [0.05, 0.1) is 10.9 Å². The molecule has 1 heterocycles. The fourth-order valence-electron chi connectivity index (χ4n) is 1.59. The molecule has 0 fully saturated rings. The molecule has 78 valence electrons. The monoisotopic (exact) mass is 267 g/mol. The summed E-state index contributed by atoms with van der Waals surface area (Å²) in [5.74, 6) is 0.283. The van der Waals surface area contributed by atoms with Gasteiger partial charge < -0.3 is 9.30 Å². The molecule has 0 aliphatic rings. The predicted molar refractivity (Wildman–Crippen MR) is 61.9 cm³/mol. The number of benzene rings is 1. The summed E-state index contributed by atoms with van der Waals surface area (Å²) in [4.78, 5) is 10.9. The van der Waals surface area contributed by atoms with Crippen LogP contribution in [0.5, 0.6) is 5.75 Å². The third-order valence-corrected chi connectivity index (χ3v) is 2.84. The van der Waals surface area contributed by atoms with Crippen molar-refractivity contribution < 1.29 is 9.53 Å². The summed E-state index contributed by atoms with van der Waals surface area (Å²) >= 11 is 3.45. The van der Waals surface area contributed by atoms with Gasteiger partial charge in [0.25, 0.3) is 0 Å². The molecule has 0 radical (unpaired) electrons. The van der Waals surface area contributed by atoms with Crippen molar-refractivity contribution in [1.82, 2.24) is 4.57 Å². The van der Waals surface area contributed by atoms with Gasteiger partial charge in [0.1, 0.15) is 0 Å². The van der Waals surface area contributed by atoms with E-state index in [1.807, 2.05) is 29.8 Å². The lowest BCUT2D eigenvalue weighted by molar-refractivity contribution is -0.131. The Hall–Kier alpha value is -1.29. The highest BCUT2D eigenvalue weighted by atomic mass is 79.9. The number of fused-ring (bicyclic) bond motifs is 1. The third kappa shape index (κ3) is 1.77. The van der Waals surface area contributed by atoms with Crippen LogP contribution in [0.15, 0.2) is 28.9 Å². The number of carbonyl (C=O) groups is 1. The fraction of sp³-hybridized carbons (Fsp3) is 0.182. The Morgan fingerprint density at radius 3 is 2.87 bits per heavy atom. The van der Waals surface area contributed by atoms with Crippen molar-refractivity contribution in [3.05, 3.63) is 28.9 Å². The molecule has 2 rings (SSSR count). The molecule has 0 saturated heterocycles. The van der Waals surface area contributed by atoms with Crippen LogP contribution in [-0.4, -0.2) is 10.5 Å². The molecule has 0 saturated carbocycles. The lowest BCUT2D eigenvalue weighted by Gasteiger charge is -1.99. The minimum absolute atomic E-state index is 0.307. The number of hydrogen-bond acceptors (Lipinski definition) is 2. The van der Waals surface area contributed by atoms with Crippen LogP contribution in [-0.2, 0) is 11.8 Å². The molecule has 2 aromatic rings. The van der Waals surface area contributed by atoms with Crippen molar-refractivity contribution in [2.24, 2.45) is 7.05 Å². The van der Waals surface area contributed by atoms with E-state index in [4.69, 9.17) is 4.74 Å². The number of rotatable bonds is 1. The molecule has 0 spiro atoms. The SMILES string of the molecule is CC(=O)Oc1cn(C)c2cccc(Br)c12. The van der Waals surface area contributed by atoms with E-state index in [9.17, 15) is 4.79 Å². The Bertz CT molecular complexity index is 531. The van der Waals surface area contributed by atoms with E-state index in [2.05, 4.69) is 15.9 Å². The lowest BCUT2D eigenvalue weighted by atomic mass is 10.2. The number of ether oxygens (including phenoxy) is 1. The van der Waals surface area contributed by atoms with Crippen LogP contribution in [0.2, 0.25) is 0 Å². The van der Waals surface area contributed by atoms with Crippen LogP contribution in [0.4, 0.5) is 0 Å². The Balaban J connectivity index is 2.70. The van der Waals surface area contributed by atoms with Crippen LogP contribution in [0, 0.1) is 0 Å². The molecule has 0 atom stereocenters. The molecule has 0 N–H and O–H groups in total. The molecule has 0 aliphatic heterocycles. The van der Waals surface area contributed by atoms with E-state index in [0.29, 0.717) is 5.75 Å². The van der Waals surface area contributed by atoms with Crippen molar-refractivity contribution in [1.29, 1.82) is 0 Å². The number of halogens is 1. The maximum absolute atomic E-state index is 10.9. The largest absolute Gasteiger partial charge is 0.424 e. The van der Waals surface area contributed by atoms with Crippen LogP contribution >= 0.6 is 15.9 Å². The summed E-state index contributed by atoms with van der Waals surface area (Å²) in [6, 6.07) is 5.85. The molecule has 0 bridgehead atoms. The summed E-state index contributed by atoms with van der Waals surface area (Å²) in [5.41, 5.74) is 1.03. The second-order valence-electron chi connectivity index (χ2n) is 3.33. The van der Waals surface area contributed by atoms with E-state index in [0.717, 1.165) is 15.4 Å². The van der Waals surface area contributed by atoms with Gasteiger partial charge in [0, 0.05) is 24.6 Å². The normalized spacial score (nSPS) is 10.6. The van der Waals surface area contributed by atoms with E-state index in [1.165, 1.54) is 6.92 Å². The highest BCUT2D eigenvalue weighted by Crippen LogP contribution is 2.33. The van der Waals surface area contributed by atoms with Crippen LogP contribution in [0.1, 0.15) is 6.92 Å². The maximum atomic E-state index is 10.9. The topological polar surface area (TPSA) is 31.2 Å². The molecule has 0 unspecified atom stereocenters. The minimum Gasteiger partial charge on any atom is -0.424 e. The van der Waals surface area contributed by atoms with Gasteiger partial charge in [-0.1, -0.05) is 6.07 Å². The van der Waals surface area contributed by atoms with Crippen molar-refractivity contribution in [3.63, 3.8) is 0 Å². The van der Waals surface area contributed by atoms with Gasteiger partial charge in [-0.15, -0.1) is 0 Å². The zero-order valence-electron chi connectivity index (χ0n) is 8.45. The van der Waals surface area contributed by atoms with E-state index < -0.39 is 0 Å². The van der Waals surface area contributed by atoms with Gasteiger partial charge in [0.15, 0.2) is 5.75 Å². The average molecular weight is 268 g/mol. The van der Waals surface area contributed by atoms with Crippen molar-refractivity contribution in [2.45, 2.75) is 6.92 Å². The number of hydrogen-bond donors (Lipinski definition) is 0. The number of aromatic nitrogens is 1. The summed E-state index contributed by atoms with van der Waals surface area (Å²) in [5, 5.41) is 0.926. The number of aryl methyl sites for hydroxylation is 1. The quantitative estimate of drug-likeness (QED) is 0.745. The highest BCUT2D eigenvalue weighted by molar-refractivity contribution is 9.10. The van der Waals surface area contributed by atoms with Crippen LogP contribution in [0.25, 0.3) is 10.9 Å². The van der Waals surface area contributed by atoms with Crippen molar-refractivity contribution in [3.8, 4) is 5.75 Å². The zero-order valence-corrected chi connectivity index (χ0v) is 10.0. The average Bonchev–Trinajstić information content (AvgIpc) is 2.44. The second kappa shape index (κ2) is 3.70. The standard InChI is InChI=1S/C11H10BrNO2/c1-7(14)15-10-6-13(2)9-5-3-4-8(12)11(9)10/h3-6H,1-2H3. The summed E-state index contributed by atoms with van der Waals surface area (Å²) in [6.07, 6.45) is 1.80. The summed E-state index contributed by atoms with van der Waals surface area (Å²) < 4.78 is 8.00. The smallest absolute Gasteiger partial charge is 0.308 e. The summed E-state index contributed by atoms with van der Waals surface area (Å²) in [7, 11) is 1.92. The van der Waals surface area contributed by atoms with E-state index in [-0.39, 0.29) is 5.97 Å². The molecule has 1 aromatic carbocycles. The Kier molecular flexibility index (Phi) is 2.52. The maximum Gasteiger partial charge on any atom is 0.308 e. The molecule has 4 heteroatoms. The van der Waals surface area contributed by atoms with E-state index in [1.54, 1.807) is 6.20 Å². The predicted octanol–water partition coefficient (Wildman–Crippen LogP) is 2.87. The first-order valence-electron chi connectivity index (χ1n) is 4.51. The van der Waals surface area contributed by atoms with Crippen LogP contribution < -0.4 is 4.74 Å². The van der Waals surface area contributed by atoms with Gasteiger partial charge in [0.2, 0.25) is 0 Å². The molecule has 1 aromatic heterocycles. The minimum atomic E-state index is -0.307. The second-order valence-corrected chi connectivity index (χ2v) is 4.19. The number of nitrogens with zero attached hydrogens (tertiary/aromatic N) is 1. The van der Waals surface area contributed by atoms with Crippen molar-refractivity contribution >= 4 is 32.8 Å². The lowest BCUT2D eigenvalue weighted by Crippen LogP contribution is -2.00. The third-order valence-electron chi connectivity index (χ3n) is 2.18. The molecular weight excluding hydrogens is 258 g/mol. The molecular formula is C11H10BrNO2. The van der Waals surface area contributed by atoms with Gasteiger partial charge >= 0.3 is 5.97 Å². The first-order chi connectivity index (χ1) is 7.09. The van der Waals surface area contributed by atoms with Gasteiger partial charge in [-0.25, -0.2) is 0 Å². The molecule has 0 aliphatic carbocycles. The molecule has 15 heavy (non-hydrogen) atoms. The Labute approximate surface area is 95.8 Å². The first kappa shape index (κ1) is 10.2. The Morgan fingerprint density at radius 2 is 2.20 bits per heavy atom. The van der Waals surface area contributed by atoms with Gasteiger partial charge in [-0.2, -0.15) is 0 Å². The van der Waals surface area contributed by atoms with Gasteiger partial charge in [-0.05, 0) is 28.1 Å². The van der Waals surface area contributed by atoms with Crippen LogP contribution in [0.3, 0.4) is 0 Å². The first-order valence-corrected chi connectivity index (χ1v) is 5.31. The van der Waals surface area contributed by atoms with E-state index >= 15 is 0 Å².